The quantitative estimate of drug-likeness (QED) is 0.314. The van der Waals surface area contributed by atoms with Crippen molar-refractivity contribution in [3.63, 3.8) is 0 Å². The number of carbonyl (C=O) groups is 1. The molecule has 7 heterocycles. The maximum Gasteiger partial charge on any atom is 0.270 e. The Labute approximate surface area is 243 Å². The highest BCUT2D eigenvalue weighted by Crippen LogP contribution is 2.36. The minimum atomic E-state index is 0.0828. The SMILES string of the molecule is COc1ccncc1-c1cc2c(cnn2-c2cc3c(c(N4CCOCC4)n2)c(C)c(C(=O)N2CCCC2)n3C)c(C)n1. The first kappa shape index (κ1) is 26.4. The fourth-order valence-corrected chi connectivity index (χ4v) is 6.36. The first-order chi connectivity index (χ1) is 20.5. The third-order valence-corrected chi connectivity index (χ3v) is 8.55. The summed E-state index contributed by atoms with van der Waals surface area (Å²) in [6.45, 7) is 8.34. The van der Waals surface area contributed by atoms with Crippen LogP contribution in [0.4, 0.5) is 5.82 Å². The second-order valence-corrected chi connectivity index (χ2v) is 11.0. The molecule has 0 atom stereocenters. The van der Waals surface area contributed by atoms with Crippen LogP contribution in [0.2, 0.25) is 0 Å². The summed E-state index contributed by atoms with van der Waals surface area (Å²) in [6, 6.07) is 5.88. The van der Waals surface area contributed by atoms with E-state index in [4.69, 9.17) is 24.5 Å². The Hall–Kier alpha value is -4.51. The Morgan fingerprint density at radius 1 is 1.00 bits per heavy atom. The van der Waals surface area contributed by atoms with Gasteiger partial charge in [0.15, 0.2) is 5.82 Å². The number of rotatable bonds is 5. The molecule has 42 heavy (non-hydrogen) atoms. The monoisotopic (exact) mass is 566 g/mol. The predicted molar refractivity (Wildman–Crippen MR) is 161 cm³/mol. The van der Waals surface area contributed by atoms with Crippen molar-refractivity contribution in [1.82, 2.24) is 34.2 Å². The van der Waals surface area contributed by atoms with Crippen LogP contribution in [0.25, 0.3) is 38.9 Å². The van der Waals surface area contributed by atoms with E-state index in [1.807, 2.05) is 59.4 Å². The molecule has 0 saturated carbocycles. The van der Waals surface area contributed by atoms with Crippen molar-refractivity contribution < 1.29 is 14.3 Å². The van der Waals surface area contributed by atoms with Crippen molar-refractivity contribution in [2.75, 3.05) is 51.4 Å². The zero-order valence-corrected chi connectivity index (χ0v) is 24.4. The van der Waals surface area contributed by atoms with E-state index in [2.05, 4.69) is 9.88 Å². The molecule has 0 bridgehead atoms. The summed E-state index contributed by atoms with van der Waals surface area (Å²) in [5.41, 5.74) is 5.90. The van der Waals surface area contributed by atoms with E-state index in [1.54, 1.807) is 19.5 Å². The fraction of sp³-hybridized carbons (Fsp3) is 0.387. The van der Waals surface area contributed by atoms with E-state index >= 15 is 0 Å². The summed E-state index contributed by atoms with van der Waals surface area (Å²) in [5.74, 6) is 2.31. The van der Waals surface area contributed by atoms with E-state index in [0.717, 1.165) is 94.9 Å². The van der Waals surface area contributed by atoms with Gasteiger partial charge in [0.1, 0.15) is 17.3 Å². The van der Waals surface area contributed by atoms with Crippen LogP contribution in [-0.2, 0) is 11.8 Å². The van der Waals surface area contributed by atoms with Crippen LogP contribution in [0, 0.1) is 13.8 Å². The van der Waals surface area contributed by atoms with Crippen LogP contribution in [0.5, 0.6) is 5.75 Å². The third kappa shape index (κ3) is 4.18. The van der Waals surface area contributed by atoms with Gasteiger partial charge < -0.3 is 23.8 Å². The van der Waals surface area contributed by atoms with E-state index in [1.165, 1.54) is 0 Å². The smallest absolute Gasteiger partial charge is 0.270 e. The number of aryl methyl sites for hydroxylation is 3. The number of amides is 1. The topological polar surface area (TPSA) is 103 Å². The lowest BCUT2D eigenvalue weighted by Gasteiger charge is -2.29. The second kappa shape index (κ2) is 10.4. The van der Waals surface area contributed by atoms with Gasteiger partial charge in [-0.3, -0.25) is 14.8 Å². The molecule has 0 aliphatic carbocycles. The number of methoxy groups -OCH3 is 1. The molecule has 0 N–H and O–H groups in total. The van der Waals surface area contributed by atoms with E-state index in [9.17, 15) is 4.79 Å². The molecule has 216 valence electrons. The molecule has 2 aliphatic rings. The van der Waals surface area contributed by atoms with Crippen LogP contribution >= 0.6 is 0 Å². The normalized spacial score (nSPS) is 15.7. The minimum absolute atomic E-state index is 0.0828. The lowest BCUT2D eigenvalue weighted by atomic mass is 10.1. The number of morpholine rings is 1. The Morgan fingerprint density at radius 3 is 2.55 bits per heavy atom. The number of pyridine rings is 3. The number of hydrogen-bond acceptors (Lipinski definition) is 8. The minimum Gasteiger partial charge on any atom is -0.496 e. The van der Waals surface area contributed by atoms with Gasteiger partial charge in [0.05, 0.1) is 48.8 Å². The van der Waals surface area contributed by atoms with E-state index < -0.39 is 0 Å². The zero-order chi connectivity index (χ0) is 29.0. The van der Waals surface area contributed by atoms with Gasteiger partial charge in [-0.05, 0) is 44.4 Å². The van der Waals surface area contributed by atoms with Crippen molar-refractivity contribution in [1.29, 1.82) is 0 Å². The fourth-order valence-electron chi connectivity index (χ4n) is 6.36. The summed E-state index contributed by atoms with van der Waals surface area (Å²) in [5, 5.41) is 6.73. The maximum absolute atomic E-state index is 13.7. The predicted octanol–water partition coefficient (Wildman–Crippen LogP) is 4.07. The van der Waals surface area contributed by atoms with Crippen molar-refractivity contribution in [3.8, 4) is 22.8 Å². The molecule has 7 rings (SSSR count). The van der Waals surface area contributed by atoms with Crippen LogP contribution < -0.4 is 9.64 Å². The van der Waals surface area contributed by atoms with Gasteiger partial charge in [-0.1, -0.05) is 0 Å². The molecule has 2 fully saturated rings. The molecule has 2 aliphatic heterocycles. The second-order valence-electron chi connectivity index (χ2n) is 11.0. The molecule has 2 saturated heterocycles. The van der Waals surface area contributed by atoms with Gasteiger partial charge in [-0.15, -0.1) is 0 Å². The van der Waals surface area contributed by atoms with Crippen molar-refractivity contribution in [2.24, 2.45) is 7.05 Å². The summed E-state index contributed by atoms with van der Waals surface area (Å²) < 4.78 is 15.2. The van der Waals surface area contributed by atoms with E-state index in [0.29, 0.717) is 24.8 Å². The molecule has 0 radical (unpaired) electrons. The number of hydrogen-bond donors (Lipinski definition) is 0. The van der Waals surface area contributed by atoms with Crippen LogP contribution in [-0.4, -0.2) is 86.6 Å². The standard InChI is InChI=1S/C31H34N8O3/c1-19-28-25(36(3)29(19)31(40)38-9-5-6-10-38)16-27(35-30(28)37-11-13-42-14-12-37)39-24-15-23(34-20(2)21(24)18-33-39)22-17-32-8-7-26(22)41-4/h7-8,15-18H,5-6,9-14H2,1-4H3. The highest BCUT2D eigenvalue weighted by atomic mass is 16.5. The lowest BCUT2D eigenvalue weighted by Crippen LogP contribution is -2.37. The molecular weight excluding hydrogens is 532 g/mol. The van der Waals surface area contributed by atoms with Crippen LogP contribution in [0.3, 0.4) is 0 Å². The number of anilines is 1. The molecule has 0 aromatic carbocycles. The molecule has 11 heteroatoms. The highest BCUT2D eigenvalue weighted by Gasteiger charge is 2.29. The number of nitrogens with zero attached hydrogens (tertiary/aromatic N) is 8. The van der Waals surface area contributed by atoms with E-state index in [-0.39, 0.29) is 5.91 Å². The van der Waals surface area contributed by atoms with Crippen LogP contribution in [0.15, 0.2) is 36.8 Å². The van der Waals surface area contributed by atoms with Gasteiger partial charge >= 0.3 is 0 Å². The number of fused-ring (bicyclic) bond motifs is 2. The Balaban J connectivity index is 1.44. The Morgan fingerprint density at radius 2 is 1.79 bits per heavy atom. The van der Waals surface area contributed by atoms with Gasteiger partial charge in [-0.2, -0.15) is 5.10 Å². The lowest BCUT2D eigenvalue weighted by molar-refractivity contribution is 0.0783. The largest absolute Gasteiger partial charge is 0.496 e. The number of aromatic nitrogens is 6. The molecule has 0 unspecified atom stereocenters. The van der Waals surface area contributed by atoms with Gasteiger partial charge in [0, 0.05) is 68.2 Å². The summed E-state index contributed by atoms with van der Waals surface area (Å²) in [4.78, 5) is 32.3. The first-order valence-corrected chi connectivity index (χ1v) is 14.4. The zero-order valence-electron chi connectivity index (χ0n) is 24.4. The molecular formula is C31H34N8O3. The van der Waals surface area contributed by atoms with Crippen molar-refractivity contribution >= 4 is 33.5 Å². The van der Waals surface area contributed by atoms with Gasteiger partial charge in [0.2, 0.25) is 0 Å². The Kier molecular flexibility index (Phi) is 6.53. The van der Waals surface area contributed by atoms with Gasteiger partial charge in [-0.25, -0.2) is 9.67 Å². The van der Waals surface area contributed by atoms with Crippen molar-refractivity contribution in [2.45, 2.75) is 26.7 Å². The summed E-state index contributed by atoms with van der Waals surface area (Å²) >= 11 is 0. The average Bonchev–Trinajstić information content (AvgIpc) is 3.76. The number of carbonyl (C=O) groups excluding carboxylic acids is 1. The maximum atomic E-state index is 13.7. The molecule has 11 nitrogen and oxygen atoms in total. The first-order valence-electron chi connectivity index (χ1n) is 14.4. The molecule has 1 amide bonds. The molecule has 5 aromatic rings. The summed E-state index contributed by atoms with van der Waals surface area (Å²) in [6.07, 6.45) is 7.40. The number of ether oxygens (including phenoxy) is 2. The number of likely N-dealkylation sites (tertiary alicyclic amines) is 1. The highest BCUT2D eigenvalue weighted by molar-refractivity contribution is 6.05. The summed E-state index contributed by atoms with van der Waals surface area (Å²) in [7, 11) is 3.62. The van der Waals surface area contributed by atoms with Crippen molar-refractivity contribution in [3.05, 3.63) is 53.7 Å². The molecule has 5 aromatic heterocycles. The van der Waals surface area contributed by atoms with Gasteiger partial charge in [0.25, 0.3) is 5.91 Å². The average molecular weight is 567 g/mol. The van der Waals surface area contributed by atoms with Crippen LogP contribution in [0.1, 0.15) is 34.6 Å². The Bertz CT molecular complexity index is 1830. The molecule has 0 spiro atoms. The third-order valence-electron chi connectivity index (χ3n) is 8.55.